The number of carbonyl (C=O) groups is 1. The second-order valence-electron chi connectivity index (χ2n) is 7.85. The van der Waals surface area contributed by atoms with Gasteiger partial charge in [-0.15, -0.1) is 0 Å². The summed E-state index contributed by atoms with van der Waals surface area (Å²) in [4.78, 5) is 10.5. The van der Waals surface area contributed by atoms with E-state index in [0.29, 0.717) is 0 Å². The quantitative estimate of drug-likeness (QED) is 0.295. The number of hydrogen-bond donors (Lipinski definition) is 1. The lowest BCUT2D eigenvalue weighted by atomic mass is 10.0. The first-order chi connectivity index (χ1) is 14.2. The molecule has 0 radical (unpaired) electrons. The zero-order chi connectivity index (χ0) is 27.1. The van der Waals surface area contributed by atoms with Crippen molar-refractivity contribution in [2.45, 2.75) is 41.7 Å². The number of likely N-dealkylation sites (N-methyl/N-ethyl adjacent to an activating group) is 1. The van der Waals surface area contributed by atoms with Gasteiger partial charge in [-0.05, 0) is 0 Å². The summed E-state index contributed by atoms with van der Waals surface area (Å²) in [6, 6.07) is 0. The number of hydrogen-bond acceptors (Lipinski definition) is 5. The maximum atomic E-state index is 14.1. The molecule has 0 aliphatic carbocycles. The van der Waals surface area contributed by atoms with Crippen LogP contribution in [0.25, 0.3) is 0 Å². The highest BCUT2D eigenvalue weighted by atomic mass is 32.2. The number of aliphatic hydroxyl groups excluding tert-OH is 1. The van der Waals surface area contributed by atoms with Crippen LogP contribution in [0.15, 0.2) is 0 Å². The van der Waals surface area contributed by atoms with Crippen LogP contribution in [0.4, 0.5) is 48.3 Å². The monoisotopic (exact) mass is 536 g/mol. The first kappa shape index (κ1) is 31.5. The van der Waals surface area contributed by atoms with Crippen LogP contribution in [0.1, 0.15) is 6.42 Å². The van der Waals surface area contributed by atoms with E-state index in [4.69, 9.17) is 0 Å². The zero-order valence-electron chi connectivity index (χ0n) is 16.9. The molecule has 0 aromatic heterocycles. The summed E-state index contributed by atoms with van der Waals surface area (Å²) in [6.07, 6.45) is -11.0. The van der Waals surface area contributed by atoms with Gasteiger partial charge < -0.3 is 19.5 Å². The fraction of sp³-hybridized carbons (Fsp3) is 0.929. The average molecular weight is 536 g/mol. The third-order valence-corrected chi connectivity index (χ3v) is 5.83. The van der Waals surface area contributed by atoms with E-state index in [0.717, 1.165) is 0 Å². The molecule has 1 unspecified atom stereocenters. The third-order valence-electron chi connectivity index (χ3n) is 3.91. The molecule has 0 saturated carbocycles. The third kappa shape index (κ3) is 6.16. The number of alkyl halides is 11. The molecule has 0 aliphatic rings. The second-order valence-corrected chi connectivity index (χ2v) is 9.83. The number of sulfonamides is 1. The molecule has 1 N–H and O–H groups in total. The number of quaternary nitrogens is 1. The normalized spacial score (nSPS) is 16.2. The van der Waals surface area contributed by atoms with Crippen molar-refractivity contribution in [1.82, 2.24) is 4.31 Å². The Morgan fingerprint density at radius 3 is 1.67 bits per heavy atom. The van der Waals surface area contributed by atoms with E-state index in [1.807, 2.05) is 0 Å². The van der Waals surface area contributed by atoms with E-state index in [9.17, 15) is 71.7 Å². The maximum absolute atomic E-state index is 14.1. The number of nitrogens with zero attached hydrogens (tertiary/aromatic N) is 2. The van der Waals surface area contributed by atoms with Crippen LogP contribution >= 0.6 is 0 Å². The van der Waals surface area contributed by atoms with Crippen LogP contribution in [-0.2, 0) is 14.8 Å². The Morgan fingerprint density at radius 2 is 1.33 bits per heavy atom. The van der Waals surface area contributed by atoms with Crippen molar-refractivity contribution < 1.29 is 76.2 Å². The predicted octanol–water partition coefficient (Wildman–Crippen LogP) is 0.886. The van der Waals surface area contributed by atoms with Gasteiger partial charge in [-0.2, -0.15) is 52.6 Å². The van der Waals surface area contributed by atoms with E-state index in [1.165, 1.54) is 21.1 Å². The summed E-state index contributed by atoms with van der Waals surface area (Å²) in [5.74, 6) is -25.8. The van der Waals surface area contributed by atoms with Crippen LogP contribution in [0.3, 0.4) is 0 Å². The minimum atomic E-state index is -7.98. The van der Waals surface area contributed by atoms with Gasteiger partial charge in [0, 0.05) is 25.5 Å². The number of aliphatic hydroxyl groups is 1. The highest BCUT2D eigenvalue weighted by Gasteiger charge is 2.89. The van der Waals surface area contributed by atoms with Crippen molar-refractivity contribution in [3.63, 3.8) is 0 Å². The maximum Gasteiger partial charge on any atom is 0.460 e. The van der Waals surface area contributed by atoms with Crippen LogP contribution in [0.2, 0.25) is 0 Å². The van der Waals surface area contributed by atoms with Crippen molar-refractivity contribution in [3.8, 4) is 0 Å². The second kappa shape index (κ2) is 9.29. The number of carboxylic acid groups (broad SMARTS) is 1. The molecule has 33 heavy (non-hydrogen) atoms. The number of halogens is 11. The fourth-order valence-corrected chi connectivity index (χ4v) is 3.81. The zero-order valence-corrected chi connectivity index (χ0v) is 17.8. The summed E-state index contributed by atoms with van der Waals surface area (Å²) < 4.78 is 168. The molecular formula is C14H19F11N2O5S. The van der Waals surface area contributed by atoms with Gasteiger partial charge in [-0.3, -0.25) is 0 Å². The average Bonchev–Trinajstić information content (AvgIpc) is 2.54. The Hall–Kier alpha value is -1.47. The van der Waals surface area contributed by atoms with E-state index < -0.39 is 81.7 Å². The van der Waals surface area contributed by atoms with Crippen LogP contribution < -0.4 is 5.11 Å². The minimum Gasteiger partial charge on any atom is -0.550 e. The molecular weight excluding hydrogens is 517 g/mol. The van der Waals surface area contributed by atoms with Crippen molar-refractivity contribution in [2.24, 2.45) is 0 Å². The SMILES string of the molecule is C[N+](C)(C)CC(O)CN(CCC(=O)[O-])S(=O)(=O)C(F)(F)C(F)(F)C(F)(F)C(F)(F)C(F)(F)F. The van der Waals surface area contributed by atoms with Crippen molar-refractivity contribution in [3.05, 3.63) is 0 Å². The molecule has 0 amide bonds. The molecule has 0 rings (SSSR count). The summed E-state index contributed by atoms with van der Waals surface area (Å²) in [6.45, 7) is -3.84. The molecule has 0 aliphatic heterocycles. The summed E-state index contributed by atoms with van der Waals surface area (Å²) in [7, 11) is -3.22. The molecule has 0 heterocycles. The van der Waals surface area contributed by atoms with Gasteiger partial charge in [0.15, 0.2) is 0 Å². The van der Waals surface area contributed by atoms with Gasteiger partial charge in [-0.25, -0.2) is 8.42 Å². The van der Waals surface area contributed by atoms with Gasteiger partial charge in [0.2, 0.25) is 0 Å². The van der Waals surface area contributed by atoms with Crippen LogP contribution in [0.5, 0.6) is 0 Å². The Bertz CT molecular complexity index is 809. The lowest BCUT2D eigenvalue weighted by Gasteiger charge is -2.38. The Kier molecular flexibility index (Phi) is 8.88. The van der Waals surface area contributed by atoms with Gasteiger partial charge >= 0.3 is 29.2 Å². The molecule has 0 saturated heterocycles. The lowest BCUT2D eigenvalue weighted by Crippen LogP contribution is -2.69. The van der Waals surface area contributed by atoms with Crippen LogP contribution in [0, 0.1) is 0 Å². The summed E-state index contributed by atoms with van der Waals surface area (Å²) >= 11 is 0. The Labute approximate surface area is 180 Å². The van der Waals surface area contributed by atoms with Crippen molar-refractivity contribution in [1.29, 1.82) is 0 Å². The highest BCUT2D eigenvalue weighted by molar-refractivity contribution is 7.90. The van der Waals surface area contributed by atoms with Gasteiger partial charge in [0.1, 0.15) is 12.6 Å². The first-order valence-electron chi connectivity index (χ1n) is 8.43. The highest BCUT2D eigenvalue weighted by Crippen LogP contribution is 2.58. The molecule has 0 aromatic rings. The number of carboxylic acids is 1. The molecule has 7 nitrogen and oxygen atoms in total. The van der Waals surface area contributed by atoms with E-state index in [2.05, 4.69) is 0 Å². The Balaban J connectivity index is 6.53. The summed E-state index contributed by atoms with van der Waals surface area (Å²) in [5.41, 5.74) is 0. The Morgan fingerprint density at radius 1 is 0.909 bits per heavy atom. The molecule has 0 fully saturated rings. The van der Waals surface area contributed by atoms with Gasteiger partial charge in [-0.1, -0.05) is 0 Å². The van der Waals surface area contributed by atoms with Crippen molar-refractivity contribution in [2.75, 3.05) is 40.8 Å². The largest absolute Gasteiger partial charge is 0.550 e. The summed E-state index contributed by atoms with van der Waals surface area (Å²) in [5, 5.41) is 13.0. The fourth-order valence-electron chi connectivity index (χ4n) is 2.33. The number of aliphatic carboxylic acids is 1. The smallest absolute Gasteiger partial charge is 0.460 e. The first-order valence-corrected chi connectivity index (χ1v) is 9.87. The number of rotatable bonds is 12. The molecule has 0 bridgehead atoms. The molecule has 0 spiro atoms. The topological polar surface area (TPSA) is 97.7 Å². The van der Waals surface area contributed by atoms with Gasteiger partial charge in [0.25, 0.3) is 10.0 Å². The molecule has 19 heteroatoms. The molecule has 198 valence electrons. The van der Waals surface area contributed by atoms with E-state index in [-0.39, 0.29) is 4.48 Å². The van der Waals surface area contributed by atoms with Gasteiger partial charge in [0.05, 0.1) is 21.1 Å². The van der Waals surface area contributed by atoms with Crippen LogP contribution in [-0.4, -0.2) is 104 Å². The standard InChI is InChI=1S/C14H19F11N2O5S/c1-27(2,3)7-8(28)6-26(5-4-9(29)30)33(31,32)14(24,25)12(19,20)10(15,16)11(17,18)13(21,22)23/h8,28H,4-7H2,1-3H3. The molecule has 0 aromatic carbocycles. The predicted molar refractivity (Wildman–Crippen MR) is 84.9 cm³/mol. The van der Waals surface area contributed by atoms with E-state index >= 15 is 0 Å². The van der Waals surface area contributed by atoms with Crippen molar-refractivity contribution >= 4 is 16.0 Å². The number of carbonyl (C=O) groups excluding carboxylic acids is 1. The lowest BCUT2D eigenvalue weighted by molar-refractivity contribution is -0.873. The minimum absolute atomic E-state index is 0.224. The molecule has 1 atom stereocenters. The van der Waals surface area contributed by atoms with E-state index in [1.54, 1.807) is 0 Å².